The van der Waals surface area contributed by atoms with Crippen LogP contribution >= 0.6 is 0 Å². The number of fused-ring (bicyclic) bond motifs is 5. The third kappa shape index (κ3) is 1.73. The molecule has 0 saturated heterocycles. The minimum Gasteiger partial charge on any atom is -0.300 e. The average Bonchev–Trinajstić information content (AvgIpc) is 2.93. The first-order valence-electron chi connectivity index (χ1n) is 9.10. The Morgan fingerprint density at radius 1 is 1.14 bits per heavy atom. The molecule has 0 bridgehead atoms. The fourth-order valence-electron chi connectivity index (χ4n) is 7.08. The molecule has 4 aliphatic rings. The van der Waals surface area contributed by atoms with Crippen LogP contribution in [0.25, 0.3) is 0 Å². The molecule has 0 aromatic heterocycles. The Morgan fingerprint density at radius 2 is 1.91 bits per heavy atom. The first kappa shape index (κ1) is 14.7. The summed E-state index contributed by atoms with van der Waals surface area (Å²) in [5, 5.41) is 0. The first-order chi connectivity index (χ1) is 10.4. The maximum absolute atomic E-state index is 12.1. The van der Waals surface area contributed by atoms with E-state index < -0.39 is 0 Å². The molecule has 120 valence electrons. The predicted molar refractivity (Wildman–Crippen MR) is 86.3 cm³/mol. The van der Waals surface area contributed by atoms with Crippen LogP contribution in [-0.4, -0.2) is 11.6 Å². The van der Waals surface area contributed by atoms with Gasteiger partial charge in [-0.1, -0.05) is 19.4 Å². The van der Waals surface area contributed by atoms with Gasteiger partial charge >= 0.3 is 0 Å². The van der Waals surface area contributed by atoms with Crippen molar-refractivity contribution in [3.63, 3.8) is 0 Å². The van der Waals surface area contributed by atoms with Crippen molar-refractivity contribution in [2.24, 2.45) is 34.5 Å². The van der Waals surface area contributed by atoms with Crippen molar-refractivity contribution in [2.45, 2.75) is 65.7 Å². The fraction of sp³-hybridized carbons (Fsp3) is 0.800. The molecule has 6 atom stereocenters. The van der Waals surface area contributed by atoms with E-state index in [0.29, 0.717) is 23.4 Å². The van der Waals surface area contributed by atoms with E-state index in [1.165, 1.54) is 31.3 Å². The van der Waals surface area contributed by atoms with Crippen LogP contribution in [0.5, 0.6) is 0 Å². The summed E-state index contributed by atoms with van der Waals surface area (Å²) in [5.74, 6) is 3.14. The van der Waals surface area contributed by atoms with E-state index in [-0.39, 0.29) is 16.7 Å². The third-order valence-corrected chi connectivity index (χ3v) is 8.10. The van der Waals surface area contributed by atoms with E-state index in [0.717, 1.165) is 25.2 Å². The zero-order valence-corrected chi connectivity index (χ0v) is 14.2. The molecule has 3 fully saturated rings. The number of hydrogen-bond donors (Lipinski definition) is 0. The van der Waals surface area contributed by atoms with E-state index in [9.17, 15) is 9.59 Å². The Bertz CT molecular complexity index is 574. The van der Waals surface area contributed by atoms with Crippen LogP contribution in [0, 0.1) is 34.5 Å². The summed E-state index contributed by atoms with van der Waals surface area (Å²) in [6.45, 7) is 6.53. The molecule has 0 radical (unpaired) electrons. The summed E-state index contributed by atoms with van der Waals surface area (Å²) >= 11 is 0. The lowest BCUT2D eigenvalue weighted by molar-refractivity contribution is -0.127. The number of hydrogen-bond acceptors (Lipinski definition) is 2. The highest BCUT2D eigenvalue weighted by Crippen LogP contribution is 2.66. The van der Waals surface area contributed by atoms with Crippen LogP contribution < -0.4 is 0 Å². The molecule has 0 heterocycles. The molecule has 0 amide bonds. The van der Waals surface area contributed by atoms with Gasteiger partial charge in [0.25, 0.3) is 0 Å². The van der Waals surface area contributed by atoms with Gasteiger partial charge in [0.15, 0.2) is 5.78 Å². The first-order valence-corrected chi connectivity index (χ1v) is 9.10. The smallest absolute Gasteiger partial charge is 0.156 e. The second-order valence-electron chi connectivity index (χ2n) is 8.93. The highest BCUT2D eigenvalue weighted by atomic mass is 16.1. The quantitative estimate of drug-likeness (QED) is 0.722. The second kappa shape index (κ2) is 4.55. The normalized spacial score (nSPS) is 50.1. The number of carbonyl (C=O) groups is 2. The van der Waals surface area contributed by atoms with Gasteiger partial charge in [-0.05, 0) is 80.1 Å². The van der Waals surface area contributed by atoms with Crippen LogP contribution in [0.4, 0.5) is 0 Å². The summed E-state index contributed by atoms with van der Waals surface area (Å²) in [6, 6.07) is 0. The summed E-state index contributed by atoms with van der Waals surface area (Å²) in [4.78, 5) is 24.1. The molecule has 3 saturated carbocycles. The fourth-order valence-corrected chi connectivity index (χ4v) is 7.08. The maximum Gasteiger partial charge on any atom is 0.156 e. The molecule has 0 spiro atoms. The molecule has 4 aliphatic carbocycles. The van der Waals surface area contributed by atoms with Crippen molar-refractivity contribution < 1.29 is 9.59 Å². The Hall–Kier alpha value is -0.920. The monoisotopic (exact) mass is 300 g/mol. The van der Waals surface area contributed by atoms with Crippen LogP contribution in [0.1, 0.15) is 65.7 Å². The SMILES string of the molecule is CC(=O)C1CCC2C3CCC4=CC(=O)CC4(C)C3CCC12C. The predicted octanol–water partition coefficient (Wildman–Crippen LogP) is 4.33. The van der Waals surface area contributed by atoms with Crippen molar-refractivity contribution in [1.29, 1.82) is 0 Å². The molecule has 0 N–H and O–H groups in total. The van der Waals surface area contributed by atoms with Gasteiger partial charge in [0, 0.05) is 12.3 Å². The minimum atomic E-state index is 0.135. The lowest BCUT2D eigenvalue weighted by Gasteiger charge is -2.56. The summed E-state index contributed by atoms with van der Waals surface area (Å²) in [6.07, 6.45) is 9.76. The lowest BCUT2D eigenvalue weighted by Crippen LogP contribution is -2.49. The molecule has 0 aromatic rings. The van der Waals surface area contributed by atoms with Gasteiger partial charge in [0.1, 0.15) is 5.78 Å². The number of carbonyl (C=O) groups excluding carboxylic acids is 2. The highest BCUT2D eigenvalue weighted by molar-refractivity contribution is 5.94. The molecule has 2 nitrogen and oxygen atoms in total. The van der Waals surface area contributed by atoms with Gasteiger partial charge in [-0.15, -0.1) is 0 Å². The van der Waals surface area contributed by atoms with Crippen LogP contribution in [0.15, 0.2) is 11.6 Å². The van der Waals surface area contributed by atoms with Crippen LogP contribution in [-0.2, 0) is 9.59 Å². The molecule has 0 aromatic carbocycles. The largest absolute Gasteiger partial charge is 0.300 e. The number of ketones is 2. The van der Waals surface area contributed by atoms with Crippen molar-refractivity contribution in [3.8, 4) is 0 Å². The summed E-state index contributed by atoms with van der Waals surface area (Å²) < 4.78 is 0. The highest BCUT2D eigenvalue weighted by Gasteiger charge is 2.60. The molecule has 22 heavy (non-hydrogen) atoms. The number of rotatable bonds is 1. The standard InChI is InChI=1S/C20H28O2/c1-12(21)16-6-7-17-15-5-4-13-10-14(22)11-20(13,3)18(15)8-9-19(16,17)2/h10,15-18H,4-9,11H2,1-3H3. The molecule has 6 unspecified atom stereocenters. The van der Waals surface area contributed by atoms with Crippen LogP contribution in [0.3, 0.4) is 0 Å². The van der Waals surface area contributed by atoms with Crippen LogP contribution in [0.2, 0.25) is 0 Å². The average molecular weight is 300 g/mol. The summed E-state index contributed by atoms with van der Waals surface area (Å²) in [5.41, 5.74) is 1.80. The van der Waals surface area contributed by atoms with Gasteiger partial charge < -0.3 is 0 Å². The maximum atomic E-state index is 12.1. The lowest BCUT2D eigenvalue weighted by atomic mass is 9.48. The molecular weight excluding hydrogens is 272 g/mol. The van der Waals surface area contributed by atoms with Gasteiger partial charge in [0.2, 0.25) is 0 Å². The Morgan fingerprint density at radius 3 is 2.64 bits per heavy atom. The third-order valence-electron chi connectivity index (χ3n) is 8.10. The minimum absolute atomic E-state index is 0.135. The van der Waals surface area contributed by atoms with E-state index in [2.05, 4.69) is 13.8 Å². The van der Waals surface area contributed by atoms with Crippen molar-refractivity contribution in [1.82, 2.24) is 0 Å². The van der Waals surface area contributed by atoms with Gasteiger partial charge in [-0.3, -0.25) is 9.59 Å². The van der Waals surface area contributed by atoms with Gasteiger partial charge in [0.05, 0.1) is 0 Å². The Balaban J connectivity index is 1.67. The second-order valence-corrected chi connectivity index (χ2v) is 8.93. The van der Waals surface area contributed by atoms with Gasteiger partial charge in [-0.2, -0.15) is 0 Å². The van der Waals surface area contributed by atoms with E-state index >= 15 is 0 Å². The number of allylic oxidation sites excluding steroid dienone is 2. The van der Waals surface area contributed by atoms with E-state index in [1.807, 2.05) is 6.08 Å². The van der Waals surface area contributed by atoms with E-state index in [4.69, 9.17) is 0 Å². The summed E-state index contributed by atoms with van der Waals surface area (Å²) in [7, 11) is 0. The molecule has 4 rings (SSSR count). The van der Waals surface area contributed by atoms with Crippen molar-refractivity contribution >= 4 is 11.6 Å². The molecule has 0 aliphatic heterocycles. The number of Topliss-reactive ketones (excluding diaryl/α,β-unsaturated/α-hetero) is 1. The van der Waals surface area contributed by atoms with Gasteiger partial charge in [-0.25, -0.2) is 0 Å². The van der Waals surface area contributed by atoms with E-state index in [1.54, 1.807) is 6.92 Å². The zero-order chi connectivity index (χ0) is 15.7. The zero-order valence-electron chi connectivity index (χ0n) is 14.2. The Labute approximate surface area is 133 Å². The van der Waals surface area contributed by atoms with Crippen molar-refractivity contribution in [2.75, 3.05) is 0 Å². The Kier molecular flexibility index (Phi) is 3.03. The molecule has 2 heteroatoms. The molecular formula is C20H28O2. The van der Waals surface area contributed by atoms with Crippen molar-refractivity contribution in [3.05, 3.63) is 11.6 Å². The topological polar surface area (TPSA) is 34.1 Å².